The van der Waals surface area contributed by atoms with Crippen LogP contribution in [0.25, 0.3) is 0 Å². The zero-order valence-corrected chi connectivity index (χ0v) is 14.1. The summed E-state index contributed by atoms with van der Waals surface area (Å²) in [5, 5.41) is 9.48. The van der Waals surface area contributed by atoms with Crippen LogP contribution in [0.15, 0.2) is 40.9 Å². The second kappa shape index (κ2) is 4.92. The summed E-state index contributed by atoms with van der Waals surface area (Å²) >= 11 is 3.40. The van der Waals surface area contributed by atoms with Crippen LogP contribution >= 0.6 is 15.9 Å². The van der Waals surface area contributed by atoms with Gasteiger partial charge in [-0.05, 0) is 24.6 Å². The highest BCUT2D eigenvalue weighted by molar-refractivity contribution is 9.10. The molecule has 1 aromatic carbocycles. The van der Waals surface area contributed by atoms with Gasteiger partial charge in [0.1, 0.15) is 11.5 Å². The first kappa shape index (κ1) is 14.9. The van der Waals surface area contributed by atoms with E-state index in [0.29, 0.717) is 6.54 Å². The molecule has 0 unspecified atom stereocenters. The van der Waals surface area contributed by atoms with Gasteiger partial charge in [-0.25, -0.2) is 0 Å². The molecule has 1 spiro atoms. The molecule has 3 aliphatic rings. The maximum atomic E-state index is 12.9. The number of hydrogen-bond donors (Lipinski definition) is 1. The lowest BCUT2D eigenvalue weighted by Crippen LogP contribution is -2.39. The fourth-order valence-electron chi connectivity index (χ4n) is 4.06. The number of hydrogen-bond acceptors (Lipinski definition) is 3. The maximum Gasteiger partial charge on any atom is 0.310 e. The zero-order chi connectivity index (χ0) is 16.4. The van der Waals surface area contributed by atoms with Crippen LogP contribution in [0, 0.1) is 11.8 Å². The molecule has 1 aromatic rings. The molecule has 120 valence electrons. The number of carbonyl (C=O) groups excluding carboxylic acids is 1. The SMILES string of the molecule is C[C@H](c1ccc(Br)cc1)N1C[C@@]23C=C[C@@H](O2)[C@@H](C(=O)O)[C@@H]3C1=O. The van der Waals surface area contributed by atoms with Gasteiger partial charge in [-0.2, -0.15) is 0 Å². The van der Waals surface area contributed by atoms with Gasteiger partial charge in [0.05, 0.1) is 24.6 Å². The molecule has 1 amide bonds. The molecule has 0 saturated carbocycles. The first-order valence-corrected chi connectivity index (χ1v) is 8.38. The van der Waals surface area contributed by atoms with Gasteiger partial charge >= 0.3 is 5.97 Å². The summed E-state index contributed by atoms with van der Waals surface area (Å²) in [4.78, 5) is 26.2. The summed E-state index contributed by atoms with van der Waals surface area (Å²) in [6.45, 7) is 2.37. The van der Waals surface area contributed by atoms with Crippen LogP contribution in [0.4, 0.5) is 0 Å². The van der Waals surface area contributed by atoms with Crippen molar-refractivity contribution in [2.45, 2.75) is 24.7 Å². The topological polar surface area (TPSA) is 66.8 Å². The second-order valence-electron chi connectivity index (χ2n) is 6.43. The standard InChI is InChI=1S/C17H16BrNO4/c1-9(10-2-4-11(18)5-3-10)19-8-17-7-6-12(23-17)13(16(21)22)14(17)15(19)20/h2-7,9,12-14H,8H2,1H3,(H,21,22)/t9-,12-,13-,14-,17-/m1/s1. The molecule has 6 heteroatoms. The third-order valence-corrected chi connectivity index (χ3v) is 5.76. The van der Waals surface area contributed by atoms with Crippen molar-refractivity contribution in [2.24, 2.45) is 11.8 Å². The number of ether oxygens (including phenoxy) is 1. The van der Waals surface area contributed by atoms with Crippen molar-refractivity contribution in [1.82, 2.24) is 4.90 Å². The number of halogens is 1. The minimum absolute atomic E-state index is 0.124. The number of carboxylic acid groups (broad SMARTS) is 1. The second-order valence-corrected chi connectivity index (χ2v) is 7.35. The Labute approximate surface area is 142 Å². The van der Waals surface area contributed by atoms with E-state index < -0.39 is 29.5 Å². The minimum Gasteiger partial charge on any atom is -0.481 e. The van der Waals surface area contributed by atoms with Crippen molar-refractivity contribution in [1.29, 1.82) is 0 Å². The maximum absolute atomic E-state index is 12.9. The lowest BCUT2D eigenvalue weighted by molar-refractivity contribution is -0.148. The fraction of sp³-hybridized carbons (Fsp3) is 0.412. The number of likely N-dealkylation sites (tertiary alicyclic amines) is 1. The van der Waals surface area contributed by atoms with Crippen molar-refractivity contribution >= 4 is 27.8 Å². The number of rotatable bonds is 3. The number of carbonyl (C=O) groups is 2. The summed E-state index contributed by atoms with van der Waals surface area (Å²) in [6.07, 6.45) is 3.19. The van der Waals surface area contributed by atoms with Crippen LogP contribution < -0.4 is 0 Å². The lowest BCUT2D eigenvalue weighted by Gasteiger charge is -2.27. The van der Waals surface area contributed by atoms with Crippen molar-refractivity contribution in [3.8, 4) is 0 Å². The molecule has 0 radical (unpaired) electrons. The van der Waals surface area contributed by atoms with Gasteiger partial charge in [-0.1, -0.05) is 40.2 Å². The average molecular weight is 378 g/mol. The molecule has 0 aromatic heterocycles. The number of aliphatic carboxylic acids is 1. The number of amides is 1. The molecule has 3 aliphatic heterocycles. The molecule has 2 fully saturated rings. The summed E-state index contributed by atoms with van der Waals surface area (Å²) in [6, 6.07) is 7.69. The molecule has 5 nitrogen and oxygen atoms in total. The molecule has 2 bridgehead atoms. The van der Waals surface area contributed by atoms with Crippen LogP contribution in [0.3, 0.4) is 0 Å². The van der Waals surface area contributed by atoms with Gasteiger partial charge in [0.15, 0.2) is 0 Å². The highest BCUT2D eigenvalue weighted by Gasteiger charge is 2.67. The van der Waals surface area contributed by atoms with E-state index in [1.807, 2.05) is 37.3 Å². The molecular weight excluding hydrogens is 362 g/mol. The third-order valence-electron chi connectivity index (χ3n) is 5.23. The van der Waals surface area contributed by atoms with E-state index in [2.05, 4.69) is 15.9 Å². The first-order chi connectivity index (χ1) is 10.9. The van der Waals surface area contributed by atoms with Crippen molar-refractivity contribution < 1.29 is 19.4 Å². The van der Waals surface area contributed by atoms with E-state index >= 15 is 0 Å². The molecule has 3 heterocycles. The molecular formula is C17H16BrNO4. The van der Waals surface area contributed by atoms with Gasteiger partial charge < -0.3 is 14.7 Å². The van der Waals surface area contributed by atoms with Gasteiger partial charge in [0, 0.05) is 4.47 Å². The number of fused-ring (bicyclic) bond motifs is 1. The van der Waals surface area contributed by atoms with Crippen LogP contribution in [-0.2, 0) is 14.3 Å². The molecule has 1 N–H and O–H groups in total. The lowest BCUT2D eigenvalue weighted by atomic mass is 9.77. The zero-order valence-electron chi connectivity index (χ0n) is 12.5. The Morgan fingerprint density at radius 1 is 1.43 bits per heavy atom. The van der Waals surface area contributed by atoms with E-state index in [4.69, 9.17) is 4.74 Å². The Bertz CT molecular complexity index is 716. The van der Waals surface area contributed by atoms with Gasteiger partial charge in [-0.3, -0.25) is 9.59 Å². The van der Waals surface area contributed by atoms with E-state index in [9.17, 15) is 14.7 Å². The molecule has 2 saturated heterocycles. The molecule has 5 atom stereocenters. The van der Waals surface area contributed by atoms with Crippen molar-refractivity contribution in [2.75, 3.05) is 6.54 Å². The van der Waals surface area contributed by atoms with Crippen LogP contribution in [0.2, 0.25) is 0 Å². The first-order valence-electron chi connectivity index (χ1n) is 7.59. The summed E-state index contributed by atoms with van der Waals surface area (Å²) in [5.41, 5.74) is 0.248. The van der Waals surface area contributed by atoms with Crippen LogP contribution in [0.5, 0.6) is 0 Å². The Hall–Kier alpha value is -1.66. The predicted molar refractivity (Wildman–Crippen MR) is 85.6 cm³/mol. The Morgan fingerprint density at radius 2 is 2.13 bits per heavy atom. The van der Waals surface area contributed by atoms with Gasteiger partial charge in [0.25, 0.3) is 0 Å². The average Bonchev–Trinajstić information content (AvgIpc) is 3.15. The molecule has 4 rings (SSSR count). The fourth-order valence-corrected chi connectivity index (χ4v) is 4.32. The Kier molecular flexibility index (Phi) is 3.19. The summed E-state index contributed by atoms with van der Waals surface area (Å²) in [5.74, 6) is -2.49. The Morgan fingerprint density at radius 3 is 2.78 bits per heavy atom. The minimum atomic E-state index is -0.960. The quantitative estimate of drug-likeness (QED) is 0.821. The molecule has 0 aliphatic carbocycles. The van der Waals surface area contributed by atoms with Crippen molar-refractivity contribution in [3.63, 3.8) is 0 Å². The highest BCUT2D eigenvalue weighted by Crippen LogP contribution is 2.53. The monoisotopic (exact) mass is 377 g/mol. The summed E-state index contributed by atoms with van der Waals surface area (Å²) in [7, 11) is 0. The smallest absolute Gasteiger partial charge is 0.310 e. The predicted octanol–water partition coefficient (Wildman–Crippen LogP) is 2.38. The Balaban J connectivity index is 1.66. The van der Waals surface area contributed by atoms with E-state index in [-0.39, 0.29) is 11.9 Å². The van der Waals surface area contributed by atoms with E-state index in [1.54, 1.807) is 11.0 Å². The largest absolute Gasteiger partial charge is 0.481 e. The van der Waals surface area contributed by atoms with E-state index in [0.717, 1.165) is 10.0 Å². The third kappa shape index (κ3) is 2.01. The van der Waals surface area contributed by atoms with Gasteiger partial charge in [-0.15, -0.1) is 0 Å². The number of benzene rings is 1. The van der Waals surface area contributed by atoms with Crippen molar-refractivity contribution in [3.05, 3.63) is 46.5 Å². The highest BCUT2D eigenvalue weighted by atomic mass is 79.9. The normalized spacial score (nSPS) is 35.7. The number of carboxylic acids is 1. The van der Waals surface area contributed by atoms with Crippen LogP contribution in [0.1, 0.15) is 18.5 Å². The number of nitrogens with zero attached hydrogens (tertiary/aromatic N) is 1. The van der Waals surface area contributed by atoms with E-state index in [1.165, 1.54) is 0 Å². The van der Waals surface area contributed by atoms with Gasteiger partial charge in [0.2, 0.25) is 5.91 Å². The molecule has 23 heavy (non-hydrogen) atoms. The van der Waals surface area contributed by atoms with Crippen LogP contribution in [-0.4, -0.2) is 40.1 Å². The summed E-state index contributed by atoms with van der Waals surface area (Å²) < 4.78 is 6.88.